The predicted octanol–water partition coefficient (Wildman–Crippen LogP) is 5.26. The summed E-state index contributed by atoms with van der Waals surface area (Å²) in [6, 6.07) is 8.75. The molecule has 0 unspecified atom stereocenters. The van der Waals surface area contributed by atoms with Crippen LogP contribution in [0.25, 0.3) is 0 Å². The number of hydrogen-bond donors (Lipinski definition) is 0. The summed E-state index contributed by atoms with van der Waals surface area (Å²) < 4.78 is 22.0. The van der Waals surface area contributed by atoms with Crippen LogP contribution in [0, 0.1) is 0 Å². The highest BCUT2D eigenvalue weighted by molar-refractivity contribution is 6.23. The Morgan fingerprint density at radius 2 is 1.07 bits per heavy atom. The minimum atomic E-state index is 0.377. The van der Waals surface area contributed by atoms with Crippen LogP contribution in [-0.2, 0) is 25.7 Å². The van der Waals surface area contributed by atoms with Gasteiger partial charge in [-0.2, -0.15) is 0 Å². The van der Waals surface area contributed by atoms with Gasteiger partial charge in [-0.15, -0.1) is 0 Å². The summed E-state index contributed by atoms with van der Waals surface area (Å²) in [7, 11) is 0.758. The van der Waals surface area contributed by atoms with Crippen LogP contribution in [0.2, 0.25) is 0 Å². The molecule has 4 rings (SSSR count). The Morgan fingerprint density at radius 1 is 0.567 bits per heavy atom. The normalized spacial score (nSPS) is 12.7. The Kier molecular flexibility index (Phi) is 8.41. The molecule has 0 fully saturated rings. The van der Waals surface area contributed by atoms with Gasteiger partial charge < -0.3 is 18.6 Å². The third-order valence-electron chi connectivity index (χ3n) is 5.39. The van der Waals surface area contributed by atoms with E-state index in [1.807, 2.05) is 0 Å². The molecule has 30 heavy (non-hydrogen) atoms. The molecule has 0 saturated heterocycles. The first-order chi connectivity index (χ1) is 14.7. The molecule has 0 radical (unpaired) electrons. The summed E-state index contributed by atoms with van der Waals surface area (Å²) >= 11 is 0. The van der Waals surface area contributed by atoms with Crippen molar-refractivity contribution in [1.82, 2.24) is 0 Å². The van der Waals surface area contributed by atoms with Crippen molar-refractivity contribution in [3.05, 3.63) is 46.5 Å². The minimum Gasteiger partial charge on any atom is -0.526 e. The number of aryl methyl sites for hydroxylation is 4. The maximum Gasteiger partial charge on any atom is 0.576 e. The van der Waals surface area contributed by atoms with Gasteiger partial charge in [0.15, 0.2) is 0 Å². The van der Waals surface area contributed by atoms with E-state index in [1.165, 1.54) is 28.7 Å². The summed E-state index contributed by atoms with van der Waals surface area (Å²) in [6.45, 7) is 8.75. The fourth-order valence-corrected chi connectivity index (χ4v) is 4.07. The zero-order valence-electron chi connectivity index (χ0n) is 19.0. The average molecular weight is 408 g/mol. The quantitative estimate of drug-likeness (QED) is 0.559. The van der Waals surface area contributed by atoms with E-state index in [0.29, 0.717) is 15.4 Å². The SMILES string of the molecule is CCCc1cc(CCC)c2c(c1)OBO2.CCCc1ccc(CCC)c2c1OBO2. The lowest BCUT2D eigenvalue weighted by molar-refractivity contribution is 0.536. The molecule has 0 atom stereocenters. The zero-order chi connectivity index (χ0) is 21.3. The molecule has 0 aromatic heterocycles. The Balaban J connectivity index is 0.000000171. The largest absolute Gasteiger partial charge is 0.576 e. The standard InChI is InChI=1S/2C12H17BO2/c1-3-5-9-7-10(6-4-2)12-11(8-9)14-13-15-12;1-3-5-9-7-8-10(6-4-2)12-11(9)14-13-15-12/h2*7-8,13H,3-6H2,1-2H3. The second kappa shape index (κ2) is 11.2. The summed E-state index contributed by atoms with van der Waals surface area (Å²) in [5.41, 5.74) is 5.23. The third-order valence-corrected chi connectivity index (χ3v) is 5.39. The maximum atomic E-state index is 5.55. The lowest BCUT2D eigenvalue weighted by Gasteiger charge is -2.09. The first-order valence-corrected chi connectivity index (χ1v) is 11.5. The fourth-order valence-electron chi connectivity index (χ4n) is 4.07. The van der Waals surface area contributed by atoms with E-state index in [1.54, 1.807) is 0 Å². The van der Waals surface area contributed by atoms with Crippen molar-refractivity contribution in [2.24, 2.45) is 0 Å². The van der Waals surface area contributed by atoms with Crippen LogP contribution in [0.1, 0.15) is 75.6 Å². The predicted molar refractivity (Wildman–Crippen MR) is 126 cm³/mol. The Hall–Kier alpha value is -2.23. The molecule has 0 amide bonds. The van der Waals surface area contributed by atoms with Gasteiger partial charge in [0.2, 0.25) is 0 Å². The molecule has 0 N–H and O–H groups in total. The van der Waals surface area contributed by atoms with E-state index in [-0.39, 0.29) is 0 Å². The van der Waals surface area contributed by atoms with Crippen molar-refractivity contribution in [3.63, 3.8) is 0 Å². The summed E-state index contributed by atoms with van der Waals surface area (Å²) in [5.74, 6) is 3.88. The maximum absolute atomic E-state index is 5.55. The second-order valence-electron chi connectivity index (χ2n) is 7.94. The van der Waals surface area contributed by atoms with Gasteiger partial charge in [-0.1, -0.05) is 71.6 Å². The third kappa shape index (κ3) is 5.27. The Bertz CT molecular complexity index is 805. The van der Waals surface area contributed by atoms with Crippen LogP contribution in [0.4, 0.5) is 0 Å². The van der Waals surface area contributed by atoms with E-state index < -0.39 is 0 Å². The summed E-state index contributed by atoms with van der Waals surface area (Å²) in [5, 5.41) is 0. The highest BCUT2D eigenvalue weighted by Crippen LogP contribution is 2.39. The number of fused-ring (bicyclic) bond motifs is 2. The fraction of sp³-hybridized carbons (Fsp3) is 0.500. The van der Waals surface area contributed by atoms with Crippen molar-refractivity contribution in [2.45, 2.75) is 79.1 Å². The van der Waals surface area contributed by atoms with Gasteiger partial charge in [-0.3, -0.25) is 0 Å². The number of benzene rings is 2. The molecule has 0 saturated carbocycles. The zero-order valence-corrected chi connectivity index (χ0v) is 19.0. The van der Waals surface area contributed by atoms with Crippen molar-refractivity contribution >= 4 is 15.4 Å². The van der Waals surface area contributed by atoms with Crippen LogP contribution in [0.15, 0.2) is 24.3 Å². The smallest absolute Gasteiger partial charge is 0.526 e. The summed E-state index contributed by atoms with van der Waals surface area (Å²) in [6.07, 6.45) is 8.93. The van der Waals surface area contributed by atoms with Crippen molar-refractivity contribution in [1.29, 1.82) is 0 Å². The first kappa shape index (κ1) is 22.5. The van der Waals surface area contributed by atoms with Crippen LogP contribution in [0.3, 0.4) is 0 Å². The highest BCUT2D eigenvalue weighted by atomic mass is 16.6. The van der Waals surface area contributed by atoms with Gasteiger partial charge in [0, 0.05) is 0 Å². The lowest BCUT2D eigenvalue weighted by Crippen LogP contribution is -2.01. The van der Waals surface area contributed by atoms with E-state index in [9.17, 15) is 0 Å². The Labute approximate surface area is 182 Å². The van der Waals surface area contributed by atoms with Crippen LogP contribution >= 0.6 is 0 Å². The van der Waals surface area contributed by atoms with Gasteiger partial charge in [-0.05, 0) is 54.0 Å². The molecule has 2 aromatic rings. The highest BCUT2D eigenvalue weighted by Gasteiger charge is 2.22. The molecule has 160 valence electrons. The molecule has 2 heterocycles. The van der Waals surface area contributed by atoms with E-state index in [0.717, 1.165) is 67.9 Å². The molecular weight excluding hydrogens is 374 g/mol. The van der Waals surface area contributed by atoms with E-state index in [4.69, 9.17) is 18.6 Å². The molecular formula is C24H34B2O4. The molecule has 0 bridgehead atoms. The molecule has 4 nitrogen and oxygen atoms in total. The lowest BCUT2D eigenvalue weighted by atomic mass is 10.0. The first-order valence-electron chi connectivity index (χ1n) is 11.5. The topological polar surface area (TPSA) is 36.9 Å². The second-order valence-corrected chi connectivity index (χ2v) is 7.94. The molecule has 2 aromatic carbocycles. The average Bonchev–Trinajstić information content (AvgIpc) is 3.41. The minimum absolute atomic E-state index is 0.377. The number of rotatable bonds is 8. The van der Waals surface area contributed by atoms with Gasteiger partial charge in [0.1, 0.15) is 23.0 Å². The van der Waals surface area contributed by atoms with Crippen molar-refractivity contribution in [2.75, 3.05) is 0 Å². The molecule has 0 aliphatic carbocycles. The van der Waals surface area contributed by atoms with Crippen LogP contribution in [0.5, 0.6) is 23.0 Å². The van der Waals surface area contributed by atoms with Crippen molar-refractivity contribution in [3.8, 4) is 23.0 Å². The number of hydrogen-bond acceptors (Lipinski definition) is 4. The Morgan fingerprint density at radius 3 is 1.63 bits per heavy atom. The van der Waals surface area contributed by atoms with E-state index >= 15 is 0 Å². The van der Waals surface area contributed by atoms with Crippen LogP contribution < -0.4 is 18.6 Å². The van der Waals surface area contributed by atoms with Gasteiger partial charge >= 0.3 is 15.4 Å². The van der Waals surface area contributed by atoms with Gasteiger partial charge in [0.05, 0.1) is 0 Å². The summed E-state index contributed by atoms with van der Waals surface area (Å²) in [4.78, 5) is 0. The molecule has 6 heteroatoms. The van der Waals surface area contributed by atoms with Crippen LogP contribution in [-0.4, -0.2) is 15.4 Å². The molecule has 0 spiro atoms. The van der Waals surface area contributed by atoms with Gasteiger partial charge in [0.25, 0.3) is 0 Å². The van der Waals surface area contributed by atoms with Gasteiger partial charge in [-0.25, -0.2) is 0 Å². The monoisotopic (exact) mass is 408 g/mol. The van der Waals surface area contributed by atoms with Crippen molar-refractivity contribution < 1.29 is 18.6 Å². The molecule has 2 aliphatic heterocycles. The molecule has 2 aliphatic rings. The van der Waals surface area contributed by atoms with E-state index in [2.05, 4.69) is 52.0 Å².